The molecular formula is C16H22N2O3S. The summed E-state index contributed by atoms with van der Waals surface area (Å²) in [7, 11) is 0. The van der Waals surface area contributed by atoms with Crippen molar-refractivity contribution in [3.05, 3.63) is 40.7 Å². The molecule has 1 aromatic carbocycles. The standard InChI is InChI=1S/C16H22N2O3S/c1-16(2,3)18-15(21)13(17-9-12(20)10-19)14(22-18)11-7-5-4-6-8-11/h4-8,12,17,19-20H,9-10H2,1-3H3. The lowest BCUT2D eigenvalue weighted by Crippen LogP contribution is -2.31. The van der Waals surface area contributed by atoms with Crippen LogP contribution in [0.2, 0.25) is 0 Å². The number of nitrogens with one attached hydrogen (secondary N) is 1. The fourth-order valence-corrected chi connectivity index (χ4v) is 3.17. The van der Waals surface area contributed by atoms with Gasteiger partial charge in [0.1, 0.15) is 5.69 Å². The summed E-state index contributed by atoms with van der Waals surface area (Å²) in [6.45, 7) is 5.72. The van der Waals surface area contributed by atoms with E-state index in [0.717, 1.165) is 10.4 Å². The first-order valence-corrected chi connectivity index (χ1v) is 7.97. The van der Waals surface area contributed by atoms with Gasteiger partial charge >= 0.3 is 0 Å². The Kier molecular flexibility index (Phi) is 5.05. The largest absolute Gasteiger partial charge is 0.394 e. The molecule has 0 radical (unpaired) electrons. The molecule has 0 aliphatic carbocycles. The number of anilines is 1. The summed E-state index contributed by atoms with van der Waals surface area (Å²) >= 11 is 1.40. The van der Waals surface area contributed by atoms with Gasteiger partial charge in [0.05, 0.1) is 23.1 Å². The number of nitrogens with zero attached hydrogens (tertiary/aromatic N) is 1. The smallest absolute Gasteiger partial charge is 0.285 e. The minimum Gasteiger partial charge on any atom is -0.394 e. The number of hydrogen-bond donors (Lipinski definition) is 3. The third-order valence-electron chi connectivity index (χ3n) is 3.18. The first-order valence-electron chi connectivity index (χ1n) is 7.19. The van der Waals surface area contributed by atoms with E-state index in [0.29, 0.717) is 5.69 Å². The Hall–Kier alpha value is -1.63. The molecule has 1 atom stereocenters. The van der Waals surface area contributed by atoms with Crippen LogP contribution in [0.4, 0.5) is 5.69 Å². The topological polar surface area (TPSA) is 74.5 Å². The fourth-order valence-electron chi connectivity index (χ4n) is 2.05. The molecule has 0 saturated heterocycles. The summed E-state index contributed by atoms with van der Waals surface area (Å²) in [6.07, 6.45) is -0.897. The lowest BCUT2D eigenvalue weighted by molar-refractivity contribution is 0.105. The van der Waals surface area contributed by atoms with Gasteiger partial charge in [-0.2, -0.15) is 0 Å². The van der Waals surface area contributed by atoms with Gasteiger partial charge in [-0.15, -0.1) is 0 Å². The molecule has 3 N–H and O–H groups in total. The molecule has 0 amide bonds. The number of aliphatic hydroxyl groups is 2. The summed E-state index contributed by atoms with van der Waals surface area (Å²) in [6, 6.07) is 9.67. The number of benzene rings is 1. The Morgan fingerprint density at radius 1 is 1.27 bits per heavy atom. The van der Waals surface area contributed by atoms with Crippen LogP contribution in [0.1, 0.15) is 20.8 Å². The summed E-state index contributed by atoms with van der Waals surface area (Å²) in [5, 5.41) is 21.4. The van der Waals surface area contributed by atoms with Crippen LogP contribution < -0.4 is 10.9 Å². The van der Waals surface area contributed by atoms with Crippen molar-refractivity contribution < 1.29 is 10.2 Å². The minimum atomic E-state index is -0.897. The predicted molar refractivity (Wildman–Crippen MR) is 90.6 cm³/mol. The number of aliphatic hydroxyl groups excluding tert-OH is 2. The molecule has 1 heterocycles. The summed E-state index contributed by atoms with van der Waals surface area (Å²) in [4.78, 5) is 13.5. The van der Waals surface area contributed by atoms with Crippen LogP contribution in [0.15, 0.2) is 35.1 Å². The van der Waals surface area contributed by atoms with Crippen LogP contribution in [0.3, 0.4) is 0 Å². The van der Waals surface area contributed by atoms with Crippen molar-refractivity contribution in [1.29, 1.82) is 0 Å². The van der Waals surface area contributed by atoms with Gasteiger partial charge in [-0.25, -0.2) is 0 Å². The Labute approximate surface area is 134 Å². The quantitative estimate of drug-likeness (QED) is 0.788. The molecule has 5 nitrogen and oxygen atoms in total. The zero-order valence-electron chi connectivity index (χ0n) is 13.0. The second-order valence-corrected chi connectivity index (χ2v) is 7.11. The zero-order valence-corrected chi connectivity index (χ0v) is 13.9. The van der Waals surface area contributed by atoms with Gasteiger partial charge in [0, 0.05) is 6.54 Å². The molecule has 0 aliphatic heterocycles. The van der Waals surface area contributed by atoms with Gasteiger partial charge in [-0.05, 0) is 26.3 Å². The van der Waals surface area contributed by atoms with Crippen molar-refractivity contribution in [3.63, 3.8) is 0 Å². The van der Waals surface area contributed by atoms with Gasteiger partial charge in [0.2, 0.25) is 0 Å². The molecule has 2 rings (SSSR count). The van der Waals surface area contributed by atoms with Crippen molar-refractivity contribution in [1.82, 2.24) is 3.96 Å². The highest BCUT2D eigenvalue weighted by Gasteiger charge is 2.23. The van der Waals surface area contributed by atoms with Crippen LogP contribution in [0.25, 0.3) is 10.4 Å². The van der Waals surface area contributed by atoms with E-state index in [1.165, 1.54) is 11.5 Å². The molecular weight excluding hydrogens is 300 g/mol. The molecule has 0 bridgehead atoms. The molecule has 0 saturated carbocycles. The SMILES string of the molecule is CC(C)(C)n1sc(-c2ccccc2)c(NCC(O)CO)c1=O. The van der Waals surface area contributed by atoms with E-state index in [9.17, 15) is 9.90 Å². The van der Waals surface area contributed by atoms with Crippen LogP contribution in [0, 0.1) is 0 Å². The Morgan fingerprint density at radius 3 is 2.45 bits per heavy atom. The average Bonchev–Trinajstić information content (AvgIpc) is 2.82. The molecule has 0 spiro atoms. The van der Waals surface area contributed by atoms with E-state index in [1.807, 2.05) is 51.1 Å². The number of hydrogen-bond acceptors (Lipinski definition) is 5. The van der Waals surface area contributed by atoms with Gasteiger partial charge in [-0.1, -0.05) is 41.9 Å². The van der Waals surface area contributed by atoms with Crippen molar-refractivity contribution >= 4 is 17.2 Å². The number of aromatic nitrogens is 1. The van der Waals surface area contributed by atoms with Crippen molar-refractivity contribution in [2.24, 2.45) is 0 Å². The fraction of sp³-hybridized carbons (Fsp3) is 0.438. The zero-order chi connectivity index (χ0) is 16.3. The van der Waals surface area contributed by atoms with Gasteiger partial charge in [0.25, 0.3) is 5.56 Å². The summed E-state index contributed by atoms with van der Waals surface area (Å²) in [5.41, 5.74) is 0.995. The highest BCUT2D eigenvalue weighted by atomic mass is 32.1. The third-order valence-corrected chi connectivity index (χ3v) is 4.70. The molecule has 1 aromatic heterocycles. The van der Waals surface area contributed by atoms with Crippen molar-refractivity contribution in [2.45, 2.75) is 32.4 Å². The highest BCUT2D eigenvalue weighted by molar-refractivity contribution is 7.11. The van der Waals surface area contributed by atoms with Gasteiger partial charge in [0.15, 0.2) is 0 Å². The van der Waals surface area contributed by atoms with E-state index in [4.69, 9.17) is 5.11 Å². The Balaban J connectivity index is 2.49. The summed E-state index contributed by atoms with van der Waals surface area (Å²) in [5.74, 6) is 0. The average molecular weight is 322 g/mol. The maximum Gasteiger partial charge on any atom is 0.285 e. The van der Waals surface area contributed by atoms with Gasteiger partial charge < -0.3 is 15.5 Å². The van der Waals surface area contributed by atoms with Crippen LogP contribution in [-0.4, -0.2) is 33.4 Å². The lowest BCUT2D eigenvalue weighted by atomic mass is 10.1. The van der Waals surface area contributed by atoms with Crippen LogP contribution in [0.5, 0.6) is 0 Å². The number of rotatable bonds is 5. The molecule has 0 fully saturated rings. The second-order valence-electron chi connectivity index (χ2n) is 6.15. The predicted octanol–water partition coefficient (Wildman–Crippen LogP) is 2.10. The molecule has 6 heteroatoms. The van der Waals surface area contributed by atoms with E-state index in [2.05, 4.69) is 5.32 Å². The lowest BCUT2D eigenvalue weighted by Gasteiger charge is -2.18. The van der Waals surface area contributed by atoms with Crippen molar-refractivity contribution in [2.75, 3.05) is 18.5 Å². The normalized spacial score (nSPS) is 13.1. The van der Waals surface area contributed by atoms with Crippen LogP contribution in [-0.2, 0) is 5.54 Å². The second kappa shape index (κ2) is 6.64. The van der Waals surface area contributed by atoms with E-state index in [1.54, 1.807) is 3.96 Å². The maximum atomic E-state index is 12.7. The van der Waals surface area contributed by atoms with Crippen LogP contribution >= 0.6 is 11.5 Å². The van der Waals surface area contributed by atoms with E-state index >= 15 is 0 Å². The molecule has 2 aromatic rings. The highest BCUT2D eigenvalue weighted by Crippen LogP contribution is 2.33. The third kappa shape index (κ3) is 3.58. The van der Waals surface area contributed by atoms with Crippen molar-refractivity contribution in [3.8, 4) is 10.4 Å². The molecule has 120 valence electrons. The van der Waals surface area contributed by atoms with E-state index in [-0.39, 0.29) is 24.2 Å². The summed E-state index contributed by atoms with van der Waals surface area (Å²) < 4.78 is 1.73. The monoisotopic (exact) mass is 322 g/mol. The minimum absolute atomic E-state index is 0.110. The van der Waals surface area contributed by atoms with Gasteiger partial charge in [-0.3, -0.25) is 8.75 Å². The first kappa shape index (κ1) is 16.7. The Bertz CT molecular complexity index is 671. The van der Waals surface area contributed by atoms with E-state index < -0.39 is 6.10 Å². The first-order chi connectivity index (χ1) is 10.3. The maximum absolute atomic E-state index is 12.7. The molecule has 1 unspecified atom stereocenters. The Morgan fingerprint density at radius 2 is 1.91 bits per heavy atom. The molecule has 0 aliphatic rings. The molecule has 22 heavy (non-hydrogen) atoms.